The molecule has 0 radical (unpaired) electrons. The Bertz CT molecular complexity index is 581. The van der Waals surface area contributed by atoms with Crippen LogP contribution < -0.4 is 15.4 Å². The molecule has 3 heteroatoms. The molecule has 0 unspecified atom stereocenters. The van der Waals surface area contributed by atoms with Gasteiger partial charge in [0.1, 0.15) is 5.75 Å². The molecule has 3 nitrogen and oxygen atoms in total. The lowest BCUT2D eigenvalue weighted by Gasteiger charge is -2.25. The Balaban J connectivity index is 2.31. The summed E-state index contributed by atoms with van der Waals surface area (Å²) in [6.45, 7) is 3.46. The summed E-state index contributed by atoms with van der Waals surface area (Å²) in [6, 6.07) is 14.4. The van der Waals surface area contributed by atoms with Gasteiger partial charge in [-0.05, 0) is 24.1 Å². The molecule has 106 valence electrons. The van der Waals surface area contributed by atoms with Crippen LogP contribution in [0.5, 0.6) is 5.75 Å². The van der Waals surface area contributed by atoms with Crippen molar-refractivity contribution in [2.45, 2.75) is 20.0 Å². The quantitative estimate of drug-likeness (QED) is 0.907. The van der Waals surface area contributed by atoms with E-state index < -0.39 is 0 Å². The first-order valence-corrected chi connectivity index (χ1v) is 6.79. The summed E-state index contributed by atoms with van der Waals surface area (Å²) in [7, 11) is 3.80. The van der Waals surface area contributed by atoms with Gasteiger partial charge in [0.05, 0.1) is 7.11 Å². The van der Waals surface area contributed by atoms with Crippen molar-refractivity contribution in [2.24, 2.45) is 5.73 Å². The van der Waals surface area contributed by atoms with E-state index in [0.717, 1.165) is 12.3 Å². The second-order valence-corrected chi connectivity index (χ2v) is 4.95. The second-order valence-electron chi connectivity index (χ2n) is 4.95. The van der Waals surface area contributed by atoms with Gasteiger partial charge in [0.15, 0.2) is 0 Å². The van der Waals surface area contributed by atoms with Crippen molar-refractivity contribution in [3.63, 3.8) is 0 Å². The fraction of sp³-hybridized carbons (Fsp3) is 0.294. The Morgan fingerprint density at radius 1 is 1.05 bits per heavy atom. The highest BCUT2D eigenvalue weighted by Gasteiger charge is 2.11. The number of nitrogens with zero attached hydrogens (tertiary/aromatic N) is 1. The predicted molar refractivity (Wildman–Crippen MR) is 84.2 cm³/mol. The first kappa shape index (κ1) is 14.4. The number of hydrogen-bond donors (Lipinski definition) is 1. The van der Waals surface area contributed by atoms with E-state index in [0.29, 0.717) is 6.54 Å². The van der Waals surface area contributed by atoms with Gasteiger partial charge < -0.3 is 15.4 Å². The zero-order valence-corrected chi connectivity index (χ0v) is 12.4. The lowest BCUT2D eigenvalue weighted by atomic mass is 10.1. The number of rotatable bonds is 5. The van der Waals surface area contributed by atoms with Gasteiger partial charge in [-0.2, -0.15) is 0 Å². The van der Waals surface area contributed by atoms with Gasteiger partial charge in [-0.1, -0.05) is 36.4 Å². The molecule has 20 heavy (non-hydrogen) atoms. The van der Waals surface area contributed by atoms with Crippen molar-refractivity contribution in [1.29, 1.82) is 0 Å². The fourth-order valence-corrected chi connectivity index (χ4v) is 2.60. The average Bonchev–Trinajstić information content (AvgIpc) is 2.47. The number of aryl methyl sites for hydroxylation is 1. The molecule has 0 amide bonds. The van der Waals surface area contributed by atoms with Gasteiger partial charge in [0, 0.05) is 31.4 Å². The third-order valence-corrected chi connectivity index (χ3v) is 3.52. The molecular formula is C17H22N2O. The molecule has 0 spiro atoms. The van der Waals surface area contributed by atoms with E-state index in [2.05, 4.69) is 43.1 Å². The molecule has 0 aromatic heterocycles. The lowest BCUT2D eigenvalue weighted by Crippen LogP contribution is -2.20. The normalized spacial score (nSPS) is 10.4. The zero-order valence-electron chi connectivity index (χ0n) is 12.4. The number of benzene rings is 2. The predicted octanol–water partition coefficient (Wildman–Crippen LogP) is 3.10. The van der Waals surface area contributed by atoms with Crippen LogP contribution in [0.25, 0.3) is 0 Å². The minimum atomic E-state index is 0.549. The maximum absolute atomic E-state index is 5.86. The molecule has 0 saturated carbocycles. The van der Waals surface area contributed by atoms with Gasteiger partial charge in [0.2, 0.25) is 0 Å². The van der Waals surface area contributed by atoms with Crippen LogP contribution in [0.1, 0.15) is 16.7 Å². The van der Waals surface area contributed by atoms with E-state index in [-0.39, 0.29) is 0 Å². The molecule has 0 fully saturated rings. The first-order chi connectivity index (χ1) is 9.67. The van der Waals surface area contributed by atoms with Gasteiger partial charge in [-0.3, -0.25) is 0 Å². The summed E-state index contributed by atoms with van der Waals surface area (Å²) in [5.74, 6) is 0.919. The molecular weight excluding hydrogens is 248 g/mol. The highest BCUT2D eigenvalue weighted by Crippen LogP contribution is 2.27. The topological polar surface area (TPSA) is 38.5 Å². The van der Waals surface area contributed by atoms with Crippen LogP contribution in [0, 0.1) is 6.92 Å². The maximum atomic E-state index is 5.86. The smallest absolute Gasteiger partial charge is 0.123 e. The molecule has 2 aromatic carbocycles. The van der Waals surface area contributed by atoms with E-state index in [9.17, 15) is 0 Å². The Labute approximate surface area is 121 Å². The fourth-order valence-electron chi connectivity index (χ4n) is 2.60. The molecule has 0 aliphatic rings. The van der Waals surface area contributed by atoms with Crippen LogP contribution in [0.3, 0.4) is 0 Å². The highest BCUT2D eigenvalue weighted by atomic mass is 16.5. The molecule has 0 aliphatic heterocycles. The van der Waals surface area contributed by atoms with Crippen LogP contribution in [-0.2, 0) is 13.1 Å². The molecule has 2 aromatic rings. The number of nitrogens with two attached hydrogens (primary N) is 1. The monoisotopic (exact) mass is 270 g/mol. The molecule has 0 aliphatic carbocycles. The summed E-state index contributed by atoms with van der Waals surface area (Å²) in [5, 5.41) is 0. The summed E-state index contributed by atoms with van der Waals surface area (Å²) in [5.41, 5.74) is 10.6. The molecule has 0 atom stereocenters. The van der Waals surface area contributed by atoms with Crippen molar-refractivity contribution in [1.82, 2.24) is 0 Å². The summed E-state index contributed by atoms with van der Waals surface area (Å²) in [4.78, 5) is 2.23. The number of para-hydroxylation sites is 2. The van der Waals surface area contributed by atoms with E-state index in [1.165, 1.54) is 22.4 Å². The zero-order chi connectivity index (χ0) is 14.5. The van der Waals surface area contributed by atoms with E-state index in [1.807, 2.05) is 18.2 Å². The summed E-state index contributed by atoms with van der Waals surface area (Å²) < 4.78 is 5.42. The average molecular weight is 270 g/mol. The van der Waals surface area contributed by atoms with E-state index in [4.69, 9.17) is 10.5 Å². The van der Waals surface area contributed by atoms with Crippen molar-refractivity contribution in [2.75, 3.05) is 19.1 Å². The number of methoxy groups -OCH3 is 1. The highest BCUT2D eigenvalue weighted by molar-refractivity contribution is 5.59. The Morgan fingerprint density at radius 3 is 2.45 bits per heavy atom. The minimum absolute atomic E-state index is 0.549. The SMILES string of the molecule is COc1ccccc1CN(C)c1c(C)cccc1CN. The van der Waals surface area contributed by atoms with Crippen LogP contribution in [0.2, 0.25) is 0 Å². The maximum Gasteiger partial charge on any atom is 0.123 e. The molecule has 0 bridgehead atoms. The molecule has 2 rings (SSSR count). The number of anilines is 1. The van der Waals surface area contributed by atoms with E-state index in [1.54, 1.807) is 7.11 Å². The van der Waals surface area contributed by atoms with Crippen molar-refractivity contribution in [3.05, 3.63) is 59.2 Å². The van der Waals surface area contributed by atoms with Crippen molar-refractivity contribution < 1.29 is 4.74 Å². The first-order valence-electron chi connectivity index (χ1n) is 6.79. The Morgan fingerprint density at radius 2 is 1.75 bits per heavy atom. The number of ether oxygens (including phenoxy) is 1. The largest absolute Gasteiger partial charge is 0.496 e. The number of hydrogen-bond acceptors (Lipinski definition) is 3. The summed E-state index contributed by atoms with van der Waals surface area (Å²) in [6.07, 6.45) is 0. The van der Waals surface area contributed by atoms with Gasteiger partial charge in [-0.15, -0.1) is 0 Å². The van der Waals surface area contributed by atoms with Gasteiger partial charge in [0.25, 0.3) is 0 Å². The van der Waals surface area contributed by atoms with Crippen LogP contribution >= 0.6 is 0 Å². The molecule has 2 N–H and O–H groups in total. The third kappa shape index (κ3) is 2.94. The molecule has 0 heterocycles. The minimum Gasteiger partial charge on any atom is -0.496 e. The standard InChI is InChI=1S/C17H22N2O/c1-13-7-6-9-14(11-18)17(13)19(2)12-15-8-4-5-10-16(15)20-3/h4-10H,11-12,18H2,1-3H3. The van der Waals surface area contributed by atoms with Crippen LogP contribution in [0.4, 0.5) is 5.69 Å². The lowest BCUT2D eigenvalue weighted by molar-refractivity contribution is 0.409. The Hall–Kier alpha value is -2.00. The van der Waals surface area contributed by atoms with Gasteiger partial charge in [-0.25, -0.2) is 0 Å². The van der Waals surface area contributed by atoms with Crippen molar-refractivity contribution in [3.8, 4) is 5.75 Å². The Kier molecular flexibility index (Phi) is 4.64. The van der Waals surface area contributed by atoms with Gasteiger partial charge >= 0.3 is 0 Å². The molecule has 0 saturated heterocycles. The van der Waals surface area contributed by atoms with Crippen LogP contribution in [0.15, 0.2) is 42.5 Å². The van der Waals surface area contributed by atoms with Crippen molar-refractivity contribution >= 4 is 5.69 Å². The third-order valence-electron chi connectivity index (χ3n) is 3.52. The second kappa shape index (κ2) is 6.44. The summed E-state index contributed by atoms with van der Waals surface area (Å²) >= 11 is 0. The van der Waals surface area contributed by atoms with E-state index >= 15 is 0 Å². The van der Waals surface area contributed by atoms with Crippen LogP contribution in [-0.4, -0.2) is 14.2 Å².